The second-order valence-electron chi connectivity index (χ2n) is 10.1. The fraction of sp³-hybridized carbons (Fsp3) is 1.00. The summed E-state index contributed by atoms with van der Waals surface area (Å²) >= 11 is 0. The van der Waals surface area contributed by atoms with Gasteiger partial charge in [0.1, 0.15) is 0 Å². The third-order valence-corrected chi connectivity index (χ3v) is 7.86. The molecule has 0 saturated carbocycles. The average molecular weight is 445 g/mol. The van der Waals surface area contributed by atoms with Crippen LogP contribution < -0.4 is 0 Å². The minimum Gasteiger partial charge on any atom is -0.392 e. The van der Waals surface area contributed by atoms with Gasteiger partial charge in [-0.2, -0.15) is 0 Å². The molecule has 0 aromatic rings. The summed E-state index contributed by atoms with van der Waals surface area (Å²) in [6.07, 6.45) is 0.487. The Bertz CT molecular complexity index is 578. The first kappa shape index (κ1) is 25.3. The van der Waals surface area contributed by atoms with Crippen LogP contribution in [0.5, 0.6) is 0 Å². The van der Waals surface area contributed by atoms with Crippen molar-refractivity contribution in [3.63, 3.8) is 0 Å². The van der Waals surface area contributed by atoms with Crippen LogP contribution in [0.1, 0.15) is 68.2 Å². The Morgan fingerprint density at radius 2 is 1.26 bits per heavy atom. The van der Waals surface area contributed by atoms with E-state index in [1.165, 1.54) is 0 Å². The topological polar surface area (TPSA) is 75.6 Å². The van der Waals surface area contributed by atoms with Crippen LogP contribution in [0, 0.1) is 23.7 Å². The largest absolute Gasteiger partial charge is 0.392 e. The molecule has 0 aromatic heterocycles. The van der Waals surface area contributed by atoms with Gasteiger partial charge in [-0.15, -0.1) is 0 Å². The first-order valence-electron chi connectivity index (χ1n) is 12.1. The molecule has 0 amide bonds. The first-order chi connectivity index (χ1) is 14.5. The molecule has 3 heterocycles. The standard InChI is InChI=1S/C24H44O7/c1-9-23(26-11-12-27-23)17(5)19(25)15(3)20-16(4)21(31-22(7,8)30-20)18(6)24(10-2)28-13-14-29-24/h15-21,25H,9-14H2,1-8H3/t15-,16+,17?,18+,19?,20-,21-/m1/s1. The van der Waals surface area contributed by atoms with Crippen molar-refractivity contribution in [3.05, 3.63) is 0 Å². The summed E-state index contributed by atoms with van der Waals surface area (Å²) < 4.78 is 36.9. The van der Waals surface area contributed by atoms with Crippen LogP contribution in [0.4, 0.5) is 0 Å². The summed E-state index contributed by atoms with van der Waals surface area (Å²) in [4.78, 5) is 0. The normalized spacial score (nSPS) is 36.1. The summed E-state index contributed by atoms with van der Waals surface area (Å²) in [6, 6.07) is 0. The molecule has 0 aromatic carbocycles. The molecule has 2 unspecified atom stereocenters. The Morgan fingerprint density at radius 1 is 0.806 bits per heavy atom. The van der Waals surface area contributed by atoms with Crippen LogP contribution >= 0.6 is 0 Å². The first-order valence-corrected chi connectivity index (χ1v) is 12.1. The maximum Gasteiger partial charge on any atom is 0.173 e. The molecule has 7 nitrogen and oxygen atoms in total. The zero-order valence-corrected chi connectivity index (χ0v) is 20.7. The van der Waals surface area contributed by atoms with Gasteiger partial charge in [0.25, 0.3) is 0 Å². The highest BCUT2D eigenvalue weighted by atomic mass is 16.8. The maximum atomic E-state index is 11.4. The van der Waals surface area contributed by atoms with Crippen molar-refractivity contribution < 1.29 is 33.5 Å². The monoisotopic (exact) mass is 444 g/mol. The maximum absolute atomic E-state index is 11.4. The second-order valence-corrected chi connectivity index (χ2v) is 10.1. The molecular weight excluding hydrogens is 400 g/mol. The van der Waals surface area contributed by atoms with Crippen LogP contribution in [0.3, 0.4) is 0 Å². The predicted molar refractivity (Wildman–Crippen MR) is 116 cm³/mol. The van der Waals surface area contributed by atoms with Crippen LogP contribution in [0.15, 0.2) is 0 Å². The molecule has 3 aliphatic rings. The third kappa shape index (κ3) is 4.70. The summed E-state index contributed by atoms with van der Waals surface area (Å²) in [5, 5.41) is 11.4. The highest BCUT2D eigenvalue weighted by Gasteiger charge is 2.54. The molecule has 7 atom stereocenters. The average Bonchev–Trinajstić information content (AvgIpc) is 3.43. The Balaban J connectivity index is 1.81. The summed E-state index contributed by atoms with van der Waals surface area (Å²) in [5.74, 6) is -2.40. The minimum atomic E-state index is -0.774. The Morgan fingerprint density at radius 3 is 1.74 bits per heavy atom. The van der Waals surface area contributed by atoms with Gasteiger partial charge in [0.05, 0.1) is 44.7 Å². The van der Waals surface area contributed by atoms with Crippen LogP contribution in [0.2, 0.25) is 0 Å². The van der Waals surface area contributed by atoms with Gasteiger partial charge in [0.2, 0.25) is 0 Å². The van der Waals surface area contributed by atoms with E-state index < -0.39 is 23.5 Å². The van der Waals surface area contributed by atoms with E-state index in [0.717, 1.165) is 6.42 Å². The molecule has 1 N–H and O–H groups in total. The molecule has 7 heteroatoms. The van der Waals surface area contributed by atoms with Crippen molar-refractivity contribution >= 4 is 0 Å². The molecule has 0 radical (unpaired) electrons. The quantitative estimate of drug-likeness (QED) is 0.611. The van der Waals surface area contributed by atoms with Gasteiger partial charge >= 0.3 is 0 Å². The van der Waals surface area contributed by atoms with Gasteiger partial charge in [0.15, 0.2) is 17.4 Å². The van der Waals surface area contributed by atoms with E-state index in [9.17, 15) is 5.11 Å². The Kier molecular flexibility index (Phi) is 7.79. The molecule has 3 fully saturated rings. The molecule has 182 valence electrons. The van der Waals surface area contributed by atoms with Crippen molar-refractivity contribution in [1.82, 2.24) is 0 Å². The van der Waals surface area contributed by atoms with Gasteiger partial charge in [0, 0.05) is 23.7 Å². The lowest BCUT2D eigenvalue weighted by Crippen LogP contribution is -2.60. The van der Waals surface area contributed by atoms with Crippen molar-refractivity contribution in [1.29, 1.82) is 0 Å². The van der Waals surface area contributed by atoms with E-state index >= 15 is 0 Å². The molecular formula is C24H44O7. The highest BCUT2D eigenvalue weighted by molar-refractivity contribution is 4.96. The van der Waals surface area contributed by atoms with Crippen LogP contribution in [0.25, 0.3) is 0 Å². The number of rotatable bonds is 8. The van der Waals surface area contributed by atoms with Crippen molar-refractivity contribution in [2.24, 2.45) is 23.7 Å². The van der Waals surface area contributed by atoms with Crippen LogP contribution in [-0.4, -0.2) is 67.2 Å². The number of aliphatic hydroxyl groups excluding tert-OH is 1. The van der Waals surface area contributed by atoms with Gasteiger partial charge in [-0.05, 0) is 26.7 Å². The van der Waals surface area contributed by atoms with E-state index in [0.29, 0.717) is 32.8 Å². The number of hydrogen-bond donors (Lipinski definition) is 1. The fourth-order valence-corrected chi connectivity index (χ4v) is 5.91. The molecule has 0 aliphatic carbocycles. The van der Waals surface area contributed by atoms with Crippen molar-refractivity contribution in [2.45, 2.75) is 104 Å². The zero-order chi connectivity index (χ0) is 23.0. The third-order valence-electron chi connectivity index (χ3n) is 7.86. The minimum absolute atomic E-state index is 0.0194. The zero-order valence-electron chi connectivity index (χ0n) is 20.7. The van der Waals surface area contributed by atoms with Gasteiger partial charge < -0.3 is 33.5 Å². The van der Waals surface area contributed by atoms with E-state index in [1.54, 1.807) is 0 Å². The fourth-order valence-electron chi connectivity index (χ4n) is 5.91. The summed E-state index contributed by atoms with van der Waals surface area (Å²) in [6.45, 7) is 18.7. The number of ether oxygens (including phenoxy) is 6. The number of hydrogen-bond acceptors (Lipinski definition) is 7. The second kappa shape index (κ2) is 9.53. The molecule has 0 spiro atoms. The summed E-state index contributed by atoms with van der Waals surface area (Å²) in [5.41, 5.74) is 0. The molecule has 3 saturated heterocycles. The lowest BCUT2D eigenvalue weighted by Gasteiger charge is -2.52. The number of aliphatic hydroxyl groups is 1. The van der Waals surface area contributed by atoms with Crippen LogP contribution in [-0.2, 0) is 28.4 Å². The van der Waals surface area contributed by atoms with E-state index in [2.05, 4.69) is 27.7 Å². The smallest absolute Gasteiger partial charge is 0.173 e. The lowest BCUT2D eigenvalue weighted by atomic mass is 9.75. The molecule has 0 bridgehead atoms. The Hall–Kier alpha value is -0.280. The van der Waals surface area contributed by atoms with E-state index in [4.69, 9.17) is 28.4 Å². The molecule has 3 rings (SSSR count). The Labute approximate surface area is 188 Å². The predicted octanol–water partition coefficient (Wildman–Crippen LogP) is 3.72. The van der Waals surface area contributed by atoms with Crippen molar-refractivity contribution in [2.75, 3.05) is 26.4 Å². The SMILES string of the molecule is CCC1(C(C)C(O)[C@@H](C)[C@H]2OC(C)(C)O[C@@H]([C@H](C)C3(CC)OCCO3)[C@H]2C)OCCO1. The highest BCUT2D eigenvalue weighted by Crippen LogP contribution is 2.45. The van der Waals surface area contributed by atoms with E-state index in [-0.39, 0.29) is 35.9 Å². The summed E-state index contributed by atoms with van der Waals surface area (Å²) in [7, 11) is 0. The molecule has 31 heavy (non-hydrogen) atoms. The van der Waals surface area contributed by atoms with Crippen molar-refractivity contribution in [3.8, 4) is 0 Å². The lowest BCUT2D eigenvalue weighted by molar-refractivity contribution is -0.356. The van der Waals surface area contributed by atoms with Gasteiger partial charge in [-0.3, -0.25) is 0 Å². The molecule has 3 aliphatic heterocycles. The van der Waals surface area contributed by atoms with E-state index in [1.807, 2.05) is 27.7 Å². The van der Waals surface area contributed by atoms with Gasteiger partial charge in [-0.25, -0.2) is 0 Å². The van der Waals surface area contributed by atoms with Gasteiger partial charge in [-0.1, -0.05) is 41.5 Å².